The number of carbonyl (C=O) groups is 1. The Balaban J connectivity index is 1.49. The van der Waals surface area contributed by atoms with Crippen LogP contribution in [0.4, 0.5) is 0 Å². The van der Waals surface area contributed by atoms with Gasteiger partial charge >= 0.3 is 0 Å². The maximum Gasteiger partial charge on any atom is 0.233 e. The Bertz CT molecular complexity index is 812. The van der Waals surface area contributed by atoms with E-state index in [0.29, 0.717) is 18.8 Å². The summed E-state index contributed by atoms with van der Waals surface area (Å²) in [6.45, 7) is 8.32. The molecule has 4 rings (SSSR count). The molecular formula is C21H29N5O2S. The molecule has 7 nitrogen and oxygen atoms in total. The molecule has 0 saturated carbocycles. The number of carbonyl (C=O) groups excluding carboxylic acids is 1. The monoisotopic (exact) mass is 415 g/mol. The molecule has 1 aromatic heterocycles. The smallest absolute Gasteiger partial charge is 0.233 e. The highest BCUT2D eigenvalue weighted by molar-refractivity contribution is 7.99. The zero-order chi connectivity index (χ0) is 20.2. The fourth-order valence-electron chi connectivity index (χ4n) is 4.07. The Kier molecular flexibility index (Phi) is 6.52. The minimum absolute atomic E-state index is 0.0766. The maximum atomic E-state index is 12.8. The van der Waals surface area contributed by atoms with Crippen LogP contribution in [0.3, 0.4) is 0 Å². The lowest BCUT2D eigenvalue weighted by Crippen LogP contribution is -2.48. The molecule has 2 aliphatic heterocycles. The largest absolute Gasteiger partial charge is 0.372 e. The molecule has 1 aromatic carbocycles. The molecule has 2 fully saturated rings. The van der Waals surface area contributed by atoms with Gasteiger partial charge in [0.15, 0.2) is 11.0 Å². The van der Waals surface area contributed by atoms with Gasteiger partial charge in [0.05, 0.1) is 24.5 Å². The molecule has 2 aliphatic rings. The fraction of sp³-hybridized carbons (Fsp3) is 0.571. The van der Waals surface area contributed by atoms with Crippen molar-refractivity contribution in [2.75, 3.05) is 31.9 Å². The normalized spacial score (nSPS) is 22.9. The summed E-state index contributed by atoms with van der Waals surface area (Å²) in [4.78, 5) is 17.1. The summed E-state index contributed by atoms with van der Waals surface area (Å²) in [5, 5.41) is 9.68. The van der Waals surface area contributed by atoms with Crippen molar-refractivity contribution in [2.24, 2.45) is 0 Å². The van der Waals surface area contributed by atoms with Gasteiger partial charge in [0, 0.05) is 18.8 Å². The van der Waals surface area contributed by atoms with Crippen molar-refractivity contribution in [2.45, 2.75) is 50.6 Å². The Labute approximate surface area is 176 Å². The van der Waals surface area contributed by atoms with Crippen LogP contribution in [-0.2, 0) is 16.1 Å². The first kappa shape index (κ1) is 20.4. The minimum atomic E-state index is 0.0766. The molecular weight excluding hydrogens is 386 g/mol. The molecule has 3 heterocycles. The molecule has 0 N–H and O–H groups in total. The van der Waals surface area contributed by atoms with Gasteiger partial charge in [-0.25, -0.2) is 0 Å². The Morgan fingerprint density at radius 1 is 1.10 bits per heavy atom. The molecule has 2 atom stereocenters. The van der Waals surface area contributed by atoms with Crippen molar-refractivity contribution < 1.29 is 9.53 Å². The Morgan fingerprint density at radius 3 is 2.48 bits per heavy atom. The second kappa shape index (κ2) is 9.28. The van der Waals surface area contributed by atoms with Crippen LogP contribution >= 0.6 is 11.8 Å². The molecule has 0 aliphatic carbocycles. The third-order valence-electron chi connectivity index (χ3n) is 5.38. The average molecular weight is 416 g/mol. The first-order valence-electron chi connectivity index (χ1n) is 10.4. The van der Waals surface area contributed by atoms with E-state index >= 15 is 0 Å². The predicted octanol–water partition coefficient (Wildman–Crippen LogP) is 2.59. The molecule has 2 aromatic rings. The number of rotatable bonds is 6. The molecule has 0 bridgehead atoms. The fourth-order valence-corrected chi connectivity index (χ4v) is 4.95. The van der Waals surface area contributed by atoms with Crippen molar-refractivity contribution in [3.05, 3.63) is 36.2 Å². The Morgan fingerprint density at radius 2 is 1.79 bits per heavy atom. The quantitative estimate of drug-likeness (QED) is 0.676. The third kappa shape index (κ3) is 4.99. The number of ether oxygens (including phenoxy) is 1. The summed E-state index contributed by atoms with van der Waals surface area (Å²) >= 11 is 1.46. The van der Waals surface area contributed by atoms with Crippen molar-refractivity contribution >= 4 is 17.7 Å². The van der Waals surface area contributed by atoms with Crippen LogP contribution in [0.1, 0.15) is 32.5 Å². The highest BCUT2D eigenvalue weighted by Crippen LogP contribution is 2.24. The predicted molar refractivity (Wildman–Crippen MR) is 113 cm³/mol. The van der Waals surface area contributed by atoms with E-state index in [0.717, 1.165) is 36.3 Å². The lowest BCUT2D eigenvalue weighted by atomic mass is 10.2. The minimum Gasteiger partial charge on any atom is -0.372 e. The number of thioether (sulfide) groups is 1. The van der Waals surface area contributed by atoms with Crippen LogP contribution < -0.4 is 0 Å². The van der Waals surface area contributed by atoms with Crippen LogP contribution in [-0.4, -0.2) is 74.6 Å². The van der Waals surface area contributed by atoms with E-state index < -0.39 is 0 Å². The van der Waals surface area contributed by atoms with Gasteiger partial charge in [-0.05, 0) is 51.9 Å². The van der Waals surface area contributed by atoms with E-state index in [1.54, 1.807) is 0 Å². The third-order valence-corrected chi connectivity index (χ3v) is 6.29. The van der Waals surface area contributed by atoms with Crippen molar-refractivity contribution in [1.29, 1.82) is 0 Å². The second-order valence-corrected chi connectivity index (χ2v) is 8.84. The number of benzene rings is 1. The summed E-state index contributed by atoms with van der Waals surface area (Å²) < 4.78 is 7.84. The van der Waals surface area contributed by atoms with Gasteiger partial charge in [-0.15, -0.1) is 10.2 Å². The van der Waals surface area contributed by atoms with E-state index in [1.807, 2.05) is 36.9 Å². The number of para-hydroxylation sites is 1. The summed E-state index contributed by atoms with van der Waals surface area (Å²) in [7, 11) is 0. The van der Waals surface area contributed by atoms with Crippen LogP contribution in [0.5, 0.6) is 0 Å². The number of morpholine rings is 1. The topological polar surface area (TPSA) is 63.5 Å². The van der Waals surface area contributed by atoms with E-state index in [2.05, 4.69) is 31.8 Å². The zero-order valence-electron chi connectivity index (χ0n) is 17.2. The van der Waals surface area contributed by atoms with E-state index in [4.69, 9.17) is 4.74 Å². The maximum absolute atomic E-state index is 12.8. The van der Waals surface area contributed by atoms with Crippen molar-refractivity contribution in [1.82, 2.24) is 24.6 Å². The summed E-state index contributed by atoms with van der Waals surface area (Å²) in [6, 6.07) is 10.2. The van der Waals surface area contributed by atoms with E-state index in [1.165, 1.54) is 24.6 Å². The van der Waals surface area contributed by atoms with Gasteiger partial charge in [0.2, 0.25) is 5.91 Å². The lowest BCUT2D eigenvalue weighted by Gasteiger charge is -2.35. The standard InChI is InChI=1S/C21H29N5O2S/c1-16-12-25(13-17(2)28-16)20(27)15-29-21-23-22-19(14-24-10-6-7-11-24)26(21)18-8-4-3-5-9-18/h3-5,8-9,16-17H,6-7,10-15H2,1-2H3. The summed E-state index contributed by atoms with van der Waals surface area (Å²) in [5.74, 6) is 1.41. The van der Waals surface area contributed by atoms with Gasteiger partial charge in [0.1, 0.15) is 0 Å². The number of hydrogen-bond acceptors (Lipinski definition) is 6. The van der Waals surface area contributed by atoms with Crippen LogP contribution in [0.25, 0.3) is 5.69 Å². The van der Waals surface area contributed by atoms with E-state index in [-0.39, 0.29) is 18.1 Å². The van der Waals surface area contributed by atoms with Crippen LogP contribution in [0.15, 0.2) is 35.5 Å². The number of likely N-dealkylation sites (tertiary alicyclic amines) is 1. The van der Waals surface area contributed by atoms with Gasteiger partial charge in [0.25, 0.3) is 0 Å². The average Bonchev–Trinajstić information content (AvgIpc) is 3.36. The first-order valence-corrected chi connectivity index (χ1v) is 11.4. The molecule has 2 unspecified atom stereocenters. The zero-order valence-corrected chi connectivity index (χ0v) is 18.0. The molecule has 8 heteroatoms. The van der Waals surface area contributed by atoms with Gasteiger partial charge in [-0.2, -0.15) is 0 Å². The number of nitrogens with zero attached hydrogens (tertiary/aromatic N) is 5. The van der Waals surface area contributed by atoms with Crippen LogP contribution in [0.2, 0.25) is 0 Å². The number of hydrogen-bond donors (Lipinski definition) is 0. The van der Waals surface area contributed by atoms with Gasteiger partial charge in [-0.3, -0.25) is 14.3 Å². The van der Waals surface area contributed by atoms with Crippen molar-refractivity contribution in [3.8, 4) is 5.69 Å². The van der Waals surface area contributed by atoms with Gasteiger partial charge < -0.3 is 9.64 Å². The first-order chi connectivity index (χ1) is 14.1. The number of amides is 1. The summed E-state index contributed by atoms with van der Waals surface area (Å²) in [6.07, 6.45) is 2.64. The highest BCUT2D eigenvalue weighted by Gasteiger charge is 2.26. The highest BCUT2D eigenvalue weighted by atomic mass is 32.2. The van der Waals surface area contributed by atoms with E-state index in [9.17, 15) is 4.79 Å². The number of aromatic nitrogens is 3. The molecule has 0 radical (unpaired) electrons. The SMILES string of the molecule is CC1CN(C(=O)CSc2nnc(CN3CCCC3)n2-c2ccccc2)CC(C)O1. The molecule has 2 saturated heterocycles. The molecule has 1 amide bonds. The molecule has 0 spiro atoms. The van der Waals surface area contributed by atoms with Gasteiger partial charge in [-0.1, -0.05) is 30.0 Å². The summed E-state index contributed by atoms with van der Waals surface area (Å²) in [5.41, 5.74) is 1.04. The second-order valence-electron chi connectivity index (χ2n) is 7.90. The molecule has 29 heavy (non-hydrogen) atoms. The lowest BCUT2D eigenvalue weighted by molar-refractivity contribution is -0.140. The Hall–Kier alpha value is -1.90. The van der Waals surface area contributed by atoms with Crippen molar-refractivity contribution in [3.63, 3.8) is 0 Å². The molecule has 156 valence electrons. The van der Waals surface area contributed by atoms with Crippen LogP contribution in [0, 0.1) is 0 Å².